The van der Waals surface area contributed by atoms with Crippen molar-refractivity contribution in [1.29, 1.82) is 0 Å². The maximum atomic E-state index is 8.56. The molecule has 0 spiro atoms. The molecule has 0 unspecified atom stereocenters. The highest BCUT2D eigenvalue weighted by atomic mass is 16.2. The fourth-order valence-corrected chi connectivity index (χ4v) is 1.20. The third-order valence-electron chi connectivity index (χ3n) is 1.94. The van der Waals surface area contributed by atoms with Crippen LogP contribution < -0.4 is 5.32 Å². The van der Waals surface area contributed by atoms with E-state index in [4.69, 9.17) is 5.11 Å². The molecule has 1 aromatic rings. The van der Waals surface area contributed by atoms with E-state index in [-0.39, 0.29) is 0 Å². The molecule has 5 heteroatoms. The topological polar surface area (TPSA) is 63.0 Å². The van der Waals surface area contributed by atoms with Crippen molar-refractivity contribution in [1.82, 2.24) is 20.1 Å². The summed E-state index contributed by atoms with van der Waals surface area (Å²) < 4.78 is 1.70. The lowest BCUT2D eigenvalue weighted by Gasteiger charge is -2.00. The van der Waals surface area contributed by atoms with Crippen molar-refractivity contribution in [2.75, 3.05) is 13.2 Å². The Kier molecular flexibility index (Phi) is 5.17. The minimum atomic E-state index is 0.293. The molecule has 0 aliphatic carbocycles. The van der Waals surface area contributed by atoms with E-state index in [0.29, 0.717) is 6.61 Å². The van der Waals surface area contributed by atoms with E-state index in [0.717, 1.165) is 38.2 Å². The van der Waals surface area contributed by atoms with Crippen molar-refractivity contribution in [2.24, 2.45) is 7.05 Å². The molecule has 0 radical (unpaired) electrons. The van der Waals surface area contributed by atoms with Gasteiger partial charge in [-0.3, -0.25) is 4.68 Å². The number of nitrogens with zero attached hydrogens (tertiary/aromatic N) is 3. The summed E-state index contributed by atoms with van der Waals surface area (Å²) in [6.45, 7) is 1.97. The Morgan fingerprint density at radius 1 is 1.43 bits per heavy atom. The van der Waals surface area contributed by atoms with Crippen LogP contribution in [0.1, 0.15) is 25.1 Å². The molecule has 0 aliphatic rings. The maximum absolute atomic E-state index is 8.56. The maximum Gasteiger partial charge on any atom is 0.164 e. The predicted octanol–water partition coefficient (Wildman–Crippen LogP) is 0.0673. The normalized spacial score (nSPS) is 10.7. The van der Waals surface area contributed by atoms with E-state index in [9.17, 15) is 0 Å². The van der Waals surface area contributed by atoms with Crippen molar-refractivity contribution >= 4 is 0 Å². The fraction of sp³-hybridized carbons (Fsp3) is 0.778. The number of nitrogens with one attached hydrogen (secondary N) is 1. The van der Waals surface area contributed by atoms with Gasteiger partial charge in [-0.25, -0.2) is 4.98 Å². The lowest BCUT2D eigenvalue weighted by molar-refractivity contribution is 0.283. The standard InChI is InChI=1S/C9H18N4O/c1-13-8-11-9(12-13)7-10-5-3-2-4-6-14/h8,10,14H,2-7H2,1H3. The Balaban J connectivity index is 1.99. The molecule has 0 amide bonds. The Bertz CT molecular complexity index is 249. The van der Waals surface area contributed by atoms with E-state index < -0.39 is 0 Å². The van der Waals surface area contributed by atoms with Gasteiger partial charge in [-0.1, -0.05) is 0 Å². The van der Waals surface area contributed by atoms with Crippen LogP contribution in [0.4, 0.5) is 0 Å². The summed E-state index contributed by atoms with van der Waals surface area (Å²) in [6.07, 6.45) is 4.75. The second-order valence-electron chi connectivity index (χ2n) is 3.30. The Hall–Kier alpha value is -0.940. The van der Waals surface area contributed by atoms with Gasteiger partial charge in [0, 0.05) is 13.7 Å². The molecule has 0 fully saturated rings. The van der Waals surface area contributed by atoms with Gasteiger partial charge in [0.05, 0.1) is 6.54 Å². The molecule has 1 heterocycles. The zero-order valence-electron chi connectivity index (χ0n) is 8.61. The average molecular weight is 198 g/mol. The monoisotopic (exact) mass is 198 g/mol. The molecule has 0 bridgehead atoms. The van der Waals surface area contributed by atoms with Crippen molar-refractivity contribution in [3.8, 4) is 0 Å². The zero-order chi connectivity index (χ0) is 10.2. The van der Waals surface area contributed by atoms with Gasteiger partial charge in [-0.2, -0.15) is 5.10 Å². The Morgan fingerprint density at radius 3 is 2.93 bits per heavy atom. The summed E-state index contributed by atoms with van der Waals surface area (Å²) in [4.78, 5) is 4.10. The summed E-state index contributed by atoms with van der Waals surface area (Å²) in [5.41, 5.74) is 0. The van der Waals surface area contributed by atoms with E-state index in [1.54, 1.807) is 11.0 Å². The van der Waals surface area contributed by atoms with Crippen LogP contribution >= 0.6 is 0 Å². The van der Waals surface area contributed by atoms with Gasteiger partial charge >= 0.3 is 0 Å². The predicted molar refractivity (Wildman–Crippen MR) is 53.6 cm³/mol. The minimum absolute atomic E-state index is 0.293. The van der Waals surface area contributed by atoms with Crippen LogP contribution in [0.3, 0.4) is 0 Å². The quantitative estimate of drug-likeness (QED) is 0.608. The van der Waals surface area contributed by atoms with Crippen molar-refractivity contribution < 1.29 is 5.11 Å². The molecule has 14 heavy (non-hydrogen) atoms. The molecule has 0 saturated carbocycles. The molecule has 80 valence electrons. The number of aliphatic hydroxyl groups is 1. The molecule has 5 nitrogen and oxygen atoms in total. The second kappa shape index (κ2) is 6.50. The highest BCUT2D eigenvalue weighted by Crippen LogP contribution is 1.93. The van der Waals surface area contributed by atoms with Gasteiger partial charge in [0.1, 0.15) is 6.33 Å². The first kappa shape index (κ1) is 11.1. The van der Waals surface area contributed by atoms with Crippen LogP contribution in [-0.4, -0.2) is 33.0 Å². The Labute approximate surface area is 84.2 Å². The molecule has 1 rings (SSSR count). The van der Waals surface area contributed by atoms with Gasteiger partial charge in [-0.15, -0.1) is 0 Å². The lowest BCUT2D eigenvalue weighted by Crippen LogP contribution is -2.15. The number of hydrogen-bond acceptors (Lipinski definition) is 4. The van der Waals surface area contributed by atoms with Crippen LogP contribution in [-0.2, 0) is 13.6 Å². The number of hydrogen-bond donors (Lipinski definition) is 2. The van der Waals surface area contributed by atoms with Crippen molar-refractivity contribution in [3.63, 3.8) is 0 Å². The average Bonchev–Trinajstić information content (AvgIpc) is 2.58. The van der Waals surface area contributed by atoms with E-state index in [1.165, 1.54) is 0 Å². The molecule has 0 aliphatic heterocycles. The van der Waals surface area contributed by atoms with Gasteiger partial charge in [0.2, 0.25) is 0 Å². The molecule has 0 aromatic carbocycles. The number of aliphatic hydroxyl groups excluding tert-OH is 1. The van der Waals surface area contributed by atoms with Crippen LogP contribution in [0.25, 0.3) is 0 Å². The van der Waals surface area contributed by atoms with Gasteiger partial charge < -0.3 is 10.4 Å². The summed E-state index contributed by atoms with van der Waals surface area (Å²) >= 11 is 0. The van der Waals surface area contributed by atoms with Gasteiger partial charge in [0.15, 0.2) is 5.82 Å². The molecule has 0 atom stereocenters. The van der Waals surface area contributed by atoms with Crippen LogP contribution in [0.15, 0.2) is 6.33 Å². The van der Waals surface area contributed by atoms with E-state index in [1.807, 2.05) is 7.05 Å². The molecule has 0 saturated heterocycles. The third-order valence-corrected chi connectivity index (χ3v) is 1.94. The SMILES string of the molecule is Cn1cnc(CNCCCCCO)n1. The number of aryl methyl sites for hydroxylation is 1. The molecule has 1 aromatic heterocycles. The molecular formula is C9H18N4O. The lowest BCUT2D eigenvalue weighted by atomic mass is 10.2. The van der Waals surface area contributed by atoms with Crippen LogP contribution in [0, 0.1) is 0 Å². The number of aromatic nitrogens is 3. The second-order valence-corrected chi connectivity index (χ2v) is 3.30. The first-order chi connectivity index (χ1) is 6.83. The Morgan fingerprint density at radius 2 is 2.29 bits per heavy atom. The summed E-state index contributed by atoms with van der Waals surface area (Å²) in [6, 6.07) is 0. The van der Waals surface area contributed by atoms with Crippen molar-refractivity contribution in [2.45, 2.75) is 25.8 Å². The number of rotatable bonds is 7. The van der Waals surface area contributed by atoms with Crippen molar-refractivity contribution in [3.05, 3.63) is 12.2 Å². The summed E-state index contributed by atoms with van der Waals surface area (Å²) in [7, 11) is 1.86. The number of unbranched alkanes of at least 4 members (excludes halogenated alkanes) is 2. The zero-order valence-corrected chi connectivity index (χ0v) is 8.61. The molecule has 2 N–H and O–H groups in total. The van der Waals surface area contributed by atoms with Gasteiger partial charge in [0.25, 0.3) is 0 Å². The highest BCUT2D eigenvalue weighted by Gasteiger charge is 1.96. The summed E-state index contributed by atoms with van der Waals surface area (Å²) in [5, 5.41) is 16.0. The largest absolute Gasteiger partial charge is 0.396 e. The molecular weight excluding hydrogens is 180 g/mol. The fourth-order valence-electron chi connectivity index (χ4n) is 1.20. The van der Waals surface area contributed by atoms with Gasteiger partial charge in [-0.05, 0) is 25.8 Å². The van der Waals surface area contributed by atoms with Crippen LogP contribution in [0.5, 0.6) is 0 Å². The first-order valence-electron chi connectivity index (χ1n) is 4.99. The highest BCUT2D eigenvalue weighted by molar-refractivity contribution is 4.79. The first-order valence-corrected chi connectivity index (χ1v) is 4.99. The van der Waals surface area contributed by atoms with Crippen LogP contribution in [0.2, 0.25) is 0 Å². The smallest absolute Gasteiger partial charge is 0.164 e. The minimum Gasteiger partial charge on any atom is -0.396 e. The van der Waals surface area contributed by atoms with E-state index in [2.05, 4.69) is 15.4 Å². The van der Waals surface area contributed by atoms with E-state index >= 15 is 0 Å². The third kappa shape index (κ3) is 4.34. The summed E-state index contributed by atoms with van der Waals surface area (Å²) in [5.74, 6) is 0.828.